The van der Waals surface area contributed by atoms with Crippen LogP contribution in [-0.4, -0.2) is 34.2 Å². The predicted octanol–water partition coefficient (Wildman–Crippen LogP) is 4.48. The van der Waals surface area contributed by atoms with E-state index in [1.54, 1.807) is 4.90 Å². The van der Waals surface area contributed by atoms with Crippen LogP contribution in [0.1, 0.15) is 34.6 Å². The molecule has 0 bridgehead atoms. The maximum absolute atomic E-state index is 12.8. The number of aryl methyl sites for hydroxylation is 2. The summed E-state index contributed by atoms with van der Waals surface area (Å²) < 4.78 is 11.1. The second-order valence-electron chi connectivity index (χ2n) is 7.37. The molecule has 0 atom stereocenters. The smallest absolute Gasteiger partial charge is 0.223 e. The van der Waals surface area contributed by atoms with Gasteiger partial charge >= 0.3 is 0 Å². The molecule has 0 aliphatic heterocycles. The van der Waals surface area contributed by atoms with Crippen LogP contribution in [0.25, 0.3) is 0 Å². The molecule has 6 nitrogen and oxygen atoms in total. The largest absolute Gasteiger partial charge is 0.489 e. The number of carbonyl (C=O) groups is 1. The third-order valence-corrected chi connectivity index (χ3v) is 5.49. The third kappa shape index (κ3) is 6.32. The summed E-state index contributed by atoms with van der Waals surface area (Å²) >= 11 is 6.19. The molecule has 164 valence electrons. The van der Waals surface area contributed by atoms with Crippen LogP contribution in [0.5, 0.6) is 5.75 Å². The van der Waals surface area contributed by atoms with Crippen molar-refractivity contribution in [3.63, 3.8) is 0 Å². The number of nitrogens with zero attached hydrogens (tertiary/aromatic N) is 2. The highest BCUT2D eigenvalue weighted by Crippen LogP contribution is 2.21. The van der Waals surface area contributed by atoms with Gasteiger partial charge in [-0.15, -0.1) is 0 Å². The van der Waals surface area contributed by atoms with Gasteiger partial charge in [0, 0.05) is 35.7 Å². The van der Waals surface area contributed by atoms with Crippen molar-refractivity contribution in [3.05, 3.63) is 81.7 Å². The van der Waals surface area contributed by atoms with Crippen molar-refractivity contribution >= 4 is 17.5 Å². The molecule has 0 fully saturated rings. The number of rotatable bonds is 10. The average molecular weight is 443 g/mol. The molecule has 0 saturated heterocycles. The fraction of sp³-hybridized carbons (Fsp3) is 0.333. The molecular formula is C24H27ClN2O4. The van der Waals surface area contributed by atoms with Gasteiger partial charge in [0.25, 0.3) is 0 Å². The highest BCUT2D eigenvalue weighted by molar-refractivity contribution is 6.31. The van der Waals surface area contributed by atoms with Crippen molar-refractivity contribution in [2.75, 3.05) is 13.2 Å². The SMILES string of the molecule is Cc1noc(C)c1CCC(=O)N(CCO)Cc1cccc(OCc2ccccc2Cl)c1. The molecule has 2 aromatic carbocycles. The number of aliphatic hydroxyl groups is 1. The van der Waals surface area contributed by atoms with E-state index in [-0.39, 0.29) is 19.1 Å². The molecule has 1 heterocycles. The normalized spacial score (nSPS) is 10.8. The van der Waals surface area contributed by atoms with Crippen molar-refractivity contribution in [2.45, 2.75) is 39.8 Å². The summed E-state index contributed by atoms with van der Waals surface area (Å²) in [6.07, 6.45) is 0.883. The Hall–Kier alpha value is -2.83. The van der Waals surface area contributed by atoms with Gasteiger partial charge in [0.1, 0.15) is 18.1 Å². The van der Waals surface area contributed by atoms with Crippen molar-refractivity contribution in [1.82, 2.24) is 10.1 Å². The molecular weight excluding hydrogens is 416 g/mol. The van der Waals surface area contributed by atoms with E-state index in [0.29, 0.717) is 36.8 Å². The number of hydrogen-bond donors (Lipinski definition) is 1. The molecule has 0 spiro atoms. The Kier molecular flexibility index (Phi) is 8.09. The minimum atomic E-state index is -0.0975. The summed E-state index contributed by atoms with van der Waals surface area (Å²) in [4.78, 5) is 14.5. The Morgan fingerprint density at radius 1 is 1.19 bits per heavy atom. The van der Waals surface area contributed by atoms with E-state index >= 15 is 0 Å². The lowest BCUT2D eigenvalue weighted by atomic mass is 10.1. The van der Waals surface area contributed by atoms with Crippen LogP contribution in [0.2, 0.25) is 5.02 Å². The first-order valence-electron chi connectivity index (χ1n) is 10.2. The van der Waals surface area contributed by atoms with Gasteiger partial charge in [-0.2, -0.15) is 0 Å². The Balaban J connectivity index is 1.62. The molecule has 0 radical (unpaired) electrons. The van der Waals surface area contributed by atoms with E-state index in [0.717, 1.165) is 28.1 Å². The standard InChI is InChI=1S/C24H27ClN2O4/c1-17-22(18(2)31-26-17)10-11-24(29)27(12-13-28)15-19-6-5-8-21(14-19)30-16-20-7-3-4-9-23(20)25/h3-9,14,28H,10-13,15-16H2,1-2H3. The molecule has 1 aromatic heterocycles. The van der Waals surface area contributed by atoms with Gasteiger partial charge in [0.05, 0.1) is 12.3 Å². The molecule has 3 rings (SSSR count). The van der Waals surface area contributed by atoms with E-state index in [4.69, 9.17) is 20.9 Å². The van der Waals surface area contributed by atoms with Crippen LogP contribution < -0.4 is 4.74 Å². The number of carbonyl (C=O) groups excluding carboxylic acids is 1. The zero-order valence-electron chi connectivity index (χ0n) is 17.8. The highest BCUT2D eigenvalue weighted by Gasteiger charge is 2.17. The molecule has 0 aliphatic carbocycles. The van der Waals surface area contributed by atoms with Crippen LogP contribution in [-0.2, 0) is 24.4 Å². The summed E-state index contributed by atoms with van der Waals surface area (Å²) in [5, 5.41) is 14.0. The van der Waals surface area contributed by atoms with Crippen molar-refractivity contribution < 1.29 is 19.2 Å². The van der Waals surface area contributed by atoms with Crippen LogP contribution in [0.15, 0.2) is 53.1 Å². The number of ether oxygens (including phenoxy) is 1. The van der Waals surface area contributed by atoms with Crippen LogP contribution in [0, 0.1) is 13.8 Å². The minimum Gasteiger partial charge on any atom is -0.489 e. The third-order valence-electron chi connectivity index (χ3n) is 5.12. The van der Waals surface area contributed by atoms with E-state index in [9.17, 15) is 9.90 Å². The molecule has 0 saturated carbocycles. The maximum atomic E-state index is 12.8. The molecule has 7 heteroatoms. The topological polar surface area (TPSA) is 75.8 Å². The monoisotopic (exact) mass is 442 g/mol. The van der Waals surface area contributed by atoms with Crippen molar-refractivity contribution in [2.24, 2.45) is 0 Å². The second-order valence-corrected chi connectivity index (χ2v) is 7.78. The zero-order chi connectivity index (χ0) is 22.2. The molecule has 1 N–H and O–H groups in total. The van der Waals surface area contributed by atoms with Gasteiger partial charge in [-0.25, -0.2) is 0 Å². The number of aliphatic hydroxyl groups excluding tert-OH is 1. The van der Waals surface area contributed by atoms with Gasteiger partial charge in [-0.1, -0.05) is 47.1 Å². The van der Waals surface area contributed by atoms with Crippen LogP contribution in [0.4, 0.5) is 0 Å². The Labute approximate surface area is 187 Å². The molecule has 31 heavy (non-hydrogen) atoms. The summed E-state index contributed by atoms with van der Waals surface area (Å²) in [6, 6.07) is 15.2. The van der Waals surface area contributed by atoms with Gasteiger partial charge < -0.3 is 19.3 Å². The second kappa shape index (κ2) is 11.0. The summed E-state index contributed by atoms with van der Waals surface area (Å²) in [5.74, 6) is 1.41. The summed E-state index contributed by atoms with van der Waals surface area (Å²) in [5.41, 5.74) is 3.61. The lowest BCUT2D eigenvalue weighted by Gasteiger charge is -2.22. The van der Waals surface area contributed by atoms with Gasteiger partial charge in [0.15, 0.2) is 0 Å². The van der Waals surface area contributed by atoms with E-state index in [1.165, 1.54) is 0 Å². The van der Waals surface area contributed by atoms with Gasteiger partial charge in [0.2, 0.25) is 5.91 Å². The number of halogens is 1. The van der Waals surface area contributed by atoms with Crippen molar-refractivity contribution in [1.29, 1.82) is 0 Å². The van der Waals surface area contributed by atoms with E-state index in [2.05, 4.69) is 5.16 Å². The first-order chi connectivity index (χ1) is 15.0. The predicted molar refractivity (Wildman–Crippen MR) is 119 cm³/mol. The lowest BCUT2D eigenvalue weighted by molar-refractivity contribution is -0.132. The molecule has 3 aromatic rings. The zero-order valence-corrected chi connectivity index (χ0v) is 18.6. The molecule has 0 unspecified atom stereocenters. The maximum Gasteiger partial charge on any atom is 0.223 e. The van der Waals surface area contributed by atoms with E-state index in [1.807, 2.05) is 62.4 Å². The summed E-state index contributed by atoms with van der Waals surface area (Å²) in [7, 11) is 0. The summed E-state index contributed by atoms with van der Waals surface area (Å²) in [6.45, 7) is 4.64. The molecule has 0 aliphatic rings. The number of amides is 1. The quantitative estimate of drug-likeness (QED) is 0.501. The number of aromatic nitrogens is 1. The Morgan fingerprint density at radius 3 is 2.71 bits per heavy atom. The molecule has 1 amide bonds. The van der Waals surface area contributed by atoms with Crippen LogP contribution >= 0.6 is 11.6 Å². The van der Waals surface area contributed by atoms with E-state index < -0.39 is 0 Å². The fourth-order valence-electron chi connectivity index (χ4n) is 3.39. The number of hydrogen-bond acceptors (Lipinski definition) is 5. The van der Waals surface area contributed by atoms with Crippen LogP contribution in [0.3, 0.4) is 0 Å². The fourth-order valence-corrected chi connectivity index (χ4v) is 3.58. The average Bonchev–Trinajstić information content (AvgIpc) is 3.09. The first-order valence-corrected chi connectivity index (χ1v) is 10.6. The number of benzene rings is 2. The van der Waals surface area contributed by atoms with Crippen molar-refractivity contribution in [3.8, 4) is 5.75 Å². The highest BCUT2D eigenvalue weighted by atomic mass is 35.5. The first kappa shape index (κ1) is 22.8. The minimum absolute atomic E-state index is 0.0311. The van der Waals surface area contributed by atoms with Gasteiger partial charge in [-0.05, 0) is 44.0 Å². The Bertz CT molecular complexity index is 999. The van der Waals surface area contributed by atoms with Gasteiger partial charge in [-0.3, -0.25) is 4.79 Å². The lowest BCUT2D eigenvalue weighted by Crippen LogP contribution is -2.33. The Morgan fingerprint density at radius 2 is 2.00 bits per heavy atom.